The van der Waals surface area contributed by atoms with Crippen LogP contribution in [0.4, 0.5) is 9.59 Å². The number of benzene rings is 3. The Bertz CT molecular complexity index is 1340. The second kappa shape index (κ2) is 12.5. The zero-order valence-corrected chi connectivity index (χ0v) is 22.9. The second-order valence-corrected chi connectivity index (χ2v) is 10.7. The van der Waals surface area contributed by atoms with Crippen molar-refractivity contribution < 1.29 is 28.6 Å². The zero-order chi connectivity index (χ0) is 28.7. The Kier molecular flexibility index (Phi) is 8.93. The summed E-state index contributed by atoms with van der Waals surface area (Å²) in [6.45, 7) is 5.86. The van der Waals surface area contributed by atoms with E-state index in [0.717, 1.165) is 16.9 Å². The molecule has 0 aliphatic carbocycles. The van der Waals surface area contributed by atoms with E-state index in [1.165, 1.54) is 0 Å². The molecule has 4 rings (SSSR count). The number of primary amides is 1. The largest absolute Gasteiger partial charge is 0.489 e. The number of hydrogen-bond donors (Lipinski definition) is 3. The molecule has 4 amide bonds. The molecule has 40 heavy (non-hydrogen) atoms. The van der Waals surface area contributed by atoms with E-state index in [1.807, 2.05) is 54.6 Å². The fourth-order valence-electron chi connectivity index (χ4n) is 4.51. The number of nitrogens with two attached hydrogens (primary N) is 1. The van der Waals surface area contributed by atoms with Crippen LogP contribution in [0.2, 0.25) is 0 Å². The quantitative estimate of drug-likeness (QED) is 0.347. The van der Waals surface area contributed by atoms with Crippen LogP contribution in [0.1, 0.15) is 66.7 Å². The molecular formula is C31H35N3O6. The van der Waals surface area contributed by atoms with Gasteiger partial charge in [-0.25, -0.2) is 9.59 Å². The number of fused-ring (bicyclic) bond motifs is 1. The summed E-state index contributed by atoms with van der Waals surface area (Å²) in [6, 6.07) is 21.5. The first-order valence-corrected chi connectivity index (χ1v) is 13.2. The molecule has 9 nitrogen and oxygen atoms in total. The minimum absolute atomic E-state index is 0.164. The van der Waals surface area contributed by atoms with Gasteiger partial charge in [-0.2, -0.15) is 0 Å². The van der Waals surface area contributed by atoms with Gasteiger partial charge in [0.15, 0.2) is 0 Å². The summed E-state index contributed by atoms with van der Waals surface area (Å²) in [6.07, 6.45) is 0.923. The van der Waals surface area contributed by atoms with Gasteiger partial charge in [0, 0.05) is 12.0 Å². The summed E-state index contributed by atoms with van der Waals surface area (Å²) in [5, 5.41) is 5.01. The Morgan fingerprint density at radius 3 is 2.35 bits per heavy atom. The van der Waals surface area contributed by atoms with Gasteiger partial charge in [-0.3, -0.25) is 10.1 Å². The molecule has 0 aromatic heterocycles. The predicted molar refractivity (Wildman–Crippen MR) is 150 cm³/mol. The number of rotatable bonds is 8. The first kappa shape index (κ1) is 28.5. The lowest BCUT2D eigenvalue weighted by Crippen LogP contribution is -2.40. The number of ether oxygens (including phenoxy) is 3. The molecule has 0 saturated heterocycles. The highest BCUT2D eigenvalue weighted by atomic mass is 16.6. The summed E-state index contributed by atoms with van der Waals surface area (Å²) in [5.41, 5.74) is 7.47. The van der Waals surface area contributed by atoms with Crippen molar-refractivity contribution in [2.24, 2.45) is 5.73 Å². The number of aryl methyl sites for hydroxylation is 1. The van der Waals surface area contributed by atoms with Gasteiger partial charge in [-0.1, -0.05) is 54.6 Å². The van der Waals surface area contributed by atoms with Crippen molar-refractivity contribution in [2.45, 2.75) is 64.4 Å². The van der Waals surface area contributed by atoms with Crippen molar-refractivity contribution >= 4 is 18.0 Å². The van der Waals surface area contributed by atoms with Crippen molar-refractivity contribution in [3.05, 3.63) is 95.1 Å². The minimum atomic E-state index is -0.963. The fourth-order valence-corrected chi connectivity index (χ4v) is 4.51. The highest BCUT2D eigenvalue weighted by Crippen LogP contribution is 2.39. The van der Waals surface area contributed by atoms with E-state index in [4.69, 9.17) is 19.9 Å². The van der Waals surface area contributed by atoms with Crippen molar-refractivity contribution in [3.63, 3.8) is 0 Å². The van der Waals surface area contributed by atoms with Crippen molar-refractivity contribution in [2.75, 3.05) is 0 Å². The molecule has 1 unspecified atom stereocenters. The zero-order valence-electron chi connectivity index (χ0n) is 22.9. The number of carbonyl (C=O) groups excluding carboxylic acids is 3. The Balaban J connectivity index is 1.46. The van der Waals surface area contributed by atoms with Crippen LogP contribution in [-0.2, 0) is 17.8 Å². The van der Waals surface area contributed by atoms with E-state index in [-0.39, 0.29) is 11.7 Å². The summed E-state index contributed by atoms with van der Waals surface area (Å²) < 4.78 is 17.6. The third-order valence-corrected chi connectivity index (χ3v) is 6.30. The van der Waals surface area contributed by atoms with Gasteiger partial charge in [-0.05, 0) is 62.9 Å². The van der Waals surface area contributed by atoms with Crippen molar-refractivity contribution in [1.82, 2.24) is 10.6 Å². The topological polar surface area (TPSA) is 129 Å². The second-order valence-electron chi connectivity index (χ2n) is 10.7. The van der Waals surface area contributed by atoms with Gasteiger partial charge in [0.1, 0.15) is 29.8 Å². The molecule has 0 saturated carbocycles. The van der Waals surface area contributed by atoms with Crippen LogP contribution < -0.4 is 25.8 Å². The smallest absolute Gasteiger partial charge is 0.408 e. The molecule has 9 heteroatoms. The third kappa shape index (κ3) is 7.99. The number of amides is 4. The molecule has 1 aliphatic heterocycles. The lowest BCUT2D eigenvalue weighted by atomic mass is 9.91. The number of urea groups is 1. The van der Waals surface area contributed by atoms with E-state index in [0.29, 0.717) is 37.2 Å². The molecule has 210 valence electrons. The van der Waals surface area contributed by atoms with Gasteiger partial charge in [-0.15, -0.1) is 0 Å². The number of para-hydroxylation sites is 1. The molecule has 0 bridgehead atoms. The molecule has 1 heterocycles. The Morgan fingerprint density at radius 2 is 1.68 bits per heavy atom. The van der Waals surface area contributed by atoms with Gasteiger partial charge >= 0.3 is 12.1 Å². The van der Waals surface area contributed by atoms with Gasteiger partial charge in [0.05, 0.1) is 11.6 Å². The number of alkyl carbamates (subject to hydrolysis) is 1. The van der Waals surface area contributed by atoms with Crippen LogP contribution in [0.25, 0.3) is 0 Å². The molecule has 0 spiro atoms. The van der Waals surface area contributed by atoms with E-state index < -0.39 is 29.7 Å². The van der Waals surface area contributed by atoms with E-state index in [2.05, 4.69) is 10.6 Å². The third-order valence-electron chi connectivity index (χ3n) is 6.30. The highest BCUT2D eigenvalue weighted by molar-refractivity contribution is 6.05. The molecule has 0 radical (unpaired) electrons. The van der Waals surface area contributed by atoms with E-state index >= 15 is 0 Å². The maximum Gasteiger partial charge on any atom is 0.408 e. The minimum Gasteiger partial charge on any atom is -0.489 e. The Hall–Kier alpha value is -4.53. The number of carbonyl (C=O) groups is 3. The van der Waals surface area contributed by atoms with Crippen LogP contribution in [0.3, 0.4) is 0 Å². The SMILES string of the molecule is CC(C)(C)OC(=O)NC1C[C@H](CCc2ccc(OCc3ccccc3)cc2)Oc2c(C(=O)NC(N)=O)cccc21. The average molecular weight is 546 g/mol. The van der Waals surface area contributed by atoms with Gasteiger partial charge in [0.2, 0.25) is 0 Å². The normalized spacial score (nSPS) is 16.2. The van der Waals surface area contributed by atoms with Crippen LogP contribution in [0, 0.1) is 0 Å². The molecule has 1 aliphatic rings. The summed E-state index contributed by atoms with van der Waals surface area (Å²) in [4.78, 5) is 36.6. The number of imide groups is 1. The van der Waals surface area contributed by atoms with Gasteiger partial charge < -0.3 is 25.3 Å². The van der Waals surface area contributed by atoms with Crippen LogP contribution in [0.5, 0.6) is 11.5 Å². The summed E-state index contributed by atoms with van der Waals surface area (Å²) in [7, 11) is 0. The van der Waals surface area contributed by atoms with E-state index in [1.54, 1.807) is 39.0 Å². The van der Waals surface area contributed by atoms with Crippen molar-refractivity contribution in [1.29, 1.82) is 0 Å². The van der Waals surface area contributed by atoms with Crippen molar-refractivity contribution in [3.8, 4) is 11.5 Å². The van der Waals surface area contributed by atoms with E-state index in [9.17, 15) is 14.4 Å². The molecular weight excluding hydrogens is 510 g/mol. The Labute approximate surface area is 234 Å². The average Bonchev–Trinajstić information content (AvgIpc) is 2.90. The standard InChI is InChI=1S/C31H35N3O6/c1-31(2,3)40-30(37)33-26-18-23(39-27-24(26)10-7-11-25(27)28(35)34-29(32)36)17-14-20-12-15-22(16-13-20)38-19-21-8-5-4-6-9-21/h4-13,15-16,23,26H,14,17-19H2,1-3H3,(H,33,37)(H3,32,34,35,36)/t23-,26?/m0/s1. The molecule has 0 fully saturated rings. The number of hydrogen-bond acceptors (Lipinski definition) is 6. The molecule has 3 aromatic rings. The monoisotopic (exact) mass is 545 g/mol. The summed E-state index contributed by atoms with van der Waals surface area (Å²) >= 11 is 0. The predicted octanol–water partition coefficient (Wildman–Crippen LogP) is 5.42. The first-order chi connectivity index (χ1) is 19.1. The molecule has 4 N–H and O–H groups in total. The van der Waals surface area contributed by atoms with Gasteiger partial charge in [0.25, 0.3) is 5.91 Å². The lowest BCUT2D eigenvalue weighted by molar-refractivity contribution is 0.0469. The summed E-state index contributed by atoms with van der Waals surface area (Å²) in [5.74, 6) is 0.414. The van der Waals surface area contributed by atoms with Crippen LogP contribution in [-0.4, -0.2) is 29.7 Å². The molecule has 2 atom stereocenters. The highest BCUT2D eigenvalue weighted by Gasteiger charge is 2.33. The first-order valence-electron chi connectivity index (χ1n) is 13.2. The van der Waals surface area contributed by atoms with Crippen LogP contribution >= 0.6 is 0 Å². The fraction of sp³-hybridized carbons (Fsp3) is 0.323. The number of nitrogens with one attached hydrogen (secondary N) is 2. The maximum atomic E-state index is 12.7. The van der Waals surface area contributed by atoms with Crippen LogP contribution in [0.15, 0.2) is 72.8 Å². The molecule has 3 aromatic carbocycles. The maximum absolute atomic E-state index is 12.7. The Morgan fingerprint density at radius 1 is 0.950 bits per heavy atom. The lowest BCUT2D eigenvalue weighted by Gasteiger charge is -2.34.